The second-order valence-electron chi connectivity index (χ2n) is 5.86. The van der Waals surface area contributed by atoms with Gasteiger partial charge in [-0.2, -0.15) is 0 Å². The van der Waals surface area contributed by atoms with Gasteiger partial charge in [0.05, 0.1) is 6.54 Å². The Hall–Kier alpha value is -0.220. The van der Waals surface area contributed by atoms with Crippen molar-refractivity contribution < 1.29 is 8.78 Å². The van der Waals surface area contributed by atoms with Crippen LogP contribution in [0.3, 0.4) is 0 Å². The van der Waals surface area contributed by atoms with Gasteiger partial charge in [-0.15, -0.1) is 0 Å². The summed E-state index contributed by atoms with van der Waals surface area (Å²) < 4.78 is 26.1. The van der Waals surface area contributed by atoms with Gasteiger partial charge in [0.15, 0.2) is 0 Å². The molecule has 0 N–H and O–H groups in total. The average Bonchev–Trinajstić information content (AvgIpc) is 2.15. The highest BCUT2D eigenvalue weighted by molar-refractivity contribution is 4.99. The van der Waals surface area contributed by atoms with E-state index in [0.717, 1.165) is 39.3 Å². The van der Waals surface area contributed by atoms with Crippen LogP contribution in [-0.2, 0) is 0 Å². The third-order valence-corrected chi connectivity index (χ3v) is 4.33. The third-order valence-electron chi connectivity index (χ3n) is 4.33. The maximum atomic E-state index is 13.1. The van der Waals surface area contributed by atoms with Gasteiger partial charge in [-0.1, -0.05) is 0 Å². The van der Waals surface area contributed by atoms with Gasteiger partial charge in [0.25, 0.3) is 5.92 Å². The number of hydrogen-bond donors (Lipinski definition) is 0. The molecule has 2 bridgehead atoms. The van der Waals surface area contributed by atoms with Gasteiger partial charge in [0.1, 0.15) is 0 Å². The summed E-state index contributed by atoms with van der Waals surface area (Å²) in [5.74, 6) is -2.56. The first kappa shape index (κ1) is 12.2. The number of halogens is 2. The van der Waals surface area contributed by atoms with E-state index in [9.17, 15) is 8.78 Å². The second kappa shape index (κ2) is 3.91. The highest BCUT2D eigenvalue weighted by Crippen LogP contribution is 2.37. The highest BCUT2D eigenvalue weighted by atomic mass is 19.3. The number of alkyl halides is 2. The molecule has 0 radical (unpaired) electrons. The van der Waals surface area contributed by atoms with Crippen molar-refractivity contribution in [3.05, 3.63) is 0 Å². The van der Waals surface area contributed by atoms with Gasteiger partial charge in [-0.25, -0.2) is 8.78 Å². The predicted molar refractivity (Wildman–Crippen MR) is 60.9 cm³/mol. The fourth-order valence-corrected chi connectivity index (χ4v) is 3.11. The van der Waals surface area contributed by atoms with Crippen molar-refractivity contribution in [3.63, 3.8) is 0 Å². The van der Waals surface area contributed by atoms with Crippen molar-refractivity contribution in [2.45, 2.75) is 50.6 Å². The minimum Gasteiger partial charge on any atom is -0.301 e. The fourth-order valence-electron chi connectivity index (χ4n) is 3.11. The lowest BCUT2D eigenvalue weighted by molar-refractivity contribution is -0.0768. The Labute approximate surface area is 96.6 Å². The number of hydrogen-bond acceptors (Lipinski definition) is 2. The maximum Gasteiger partial charge on any atom is 0.257 e. The molecule has 2 aliphatic rings. The summed E-state index contributed by atoms with van der Waals surface area (Å²) in [6.45, 7) is 5.07. The van der Waals surface area contributed by atoms with Crippen molar-refractivity contribution >= 4 is 0 Å². The molecule has 16 heavy (non-hydrogen) atoms. The molecular formula is C12H22F2N2. The van der Waals surface area contributed by atoms with Crippen LogP contribution < -0.4 is 0 Å². The number of fused-ring (bicyclic) bond motifs is 2. The Balaban J connectivity index is 2.02. The van der Waals surface area contributed by atoms with Gasteiger partial charge >= 0.3 is 0 Å². The lowest BCUT2D eigenvalue weighted by Gasteiger charge is -2.54. The van der Waals surface area contributed by atoms with E-state index in [4.69, 9.17) is 0 Å². The van der Waals surface area contributed by atoms with Crippen LogP contribution in [0.25, 0.3) is 0 Å². The van der Waals surface area contributed by atoms with Crippen LogP contribution in [0.1, 0.15) is 33.1 Å². The molecule has 2 atom stereocenters. The molecule has 2 saturated heterocycles. The van der Waals surface area contributed by atoms with Crippen LogP contribution >= 0.6 is 0 Å². The molecule has 2 nitrogen and oxygen atoms in total. The zero-order valence-corrected chi connectivity index (χ0v) is 10.5. The van der Waals surface area contributed by atoms with Crippen LogP contribution in [0.5, 0.6) is 0 Å². The Morgan fingerprint density at radius 2 is 2.06 bits per heavy atom. The summed E-state index contributed by atoms with van der Waals surface area (Å²) in [7, 11) is 2.15. The van der Waals surface area contributed by atoms with E-state index in [2.05, 4.69) is 18.9 Å². The van der Waals surface area contributed by atoms with E-state index in [-0.39, 0.29) is 12.1 Å². The molecule has 0 spiro atoms. The summed E-state index contributed by atoms with van der Waals surface area (Å²) in [5, 5.41) is 0. The molecule has 0 aliphatic carbocycles. The molecular weight excluding hydrogens is 210 g/mol. The first-order valence-electron chi connectivity index (χ1n) is 6.13. The Morgan fingerprint density at radius 1 is 1.38 bits per heavy atom. The van der Waals surface area contributed by atoms with E-state index >= 15 is 0 Å². The van der Waals surface area contributed by atoms with Crippen LogP contribution in [0.2, 0.25) is 0 Å². The van der Waals surface area contributed by atoms with Gasteiger partial charge in [0.2, 0.25) is 0 Å². The average molecular weight is 232 g/mol. The van der Waals surface area contributed by atoms with Gasteiger partial charge in [-0.05, 0) is 39.8 Å². The molecule has 0 aromatic heterocycles. The van der Waals surface area contributed by atoms with Crippen LogP contribution in [0.4, 0.5) is 8.78 Å². The number of rotatable bonds is 2. The lowest BCUT2D eigenvalue weighted by atomic mass is 9.79. The number of piperidine rings is 2. The molecule has 2 fully saturated rings. The molecule has 94 valence electrons. The third kappa shape index (κ3) is 2.38. The van der Waals surface area contributed by atoms with Crippen LogP contribution in [0, 0.1) is 0 Å². The first-order valence-corrected chi connectivity index (χ1v) is 6.13. The summed E-state index contributed by atoms with van der Waals surface area (Å²) in [6, 6.07) is 0.362. The monoisotopic (exact) mass is 232 g/mol. The zero-order valence-electron chi connectivity index (χ0n) is 10.5. The standard InChI is InChI=1S/C12H22F2N2/c1-11-5-7-16(9-12(2,13)14)10(8-11)4-6-15(11)3/h10H,4-9H2,1-3H3/t10?,11-/m0/s1. The van der Waals surface area contributed by atoms with Gasteiger partial charge < -0.3 is 4.90 Å². The van der Waals surface area contributed by atoms with Crippen molar-refractivity contribution in [1.29, 1.82) is 0 Å². The van der Waals surface area contributed by atoms with E-state index in [0.29, 0.717) is 6.04 Å². The SMILES string of the molecule is CN1CCC2C[C@]1(C)CCN2CC(C)(F)F. The molecule has 0 saturated carbocycles. The maximum absolute atomic E-state index is 13.1. The van der Waals surface area contributed by atoms with Crippen molar-refractivity contribution in [1.82, 2.24) is 9.80 Å². The Morgan fingerprint density at radius 3 is 2.69 bits per heavy atom. The largest absolute Gasteiger partial charge is 0.301 e. The molecule has 4 heteroatoms. The summed E-state index contributed by atoms with van der Waals surface area (Å²) in [5.41, 5.74) is 0.239. The van der Waals surface area contributed by atoms with E-state index < -0.39 is 5.92 Å². The summed E-state index contributed by atoms with van der Waals surface area (Å²) >= 11 is 0. The first-order chi connectivity index (χ1) is 7.30. The molecule has 0 aromatic rings. The van der Waals surface area contributed by atoms with Gasteiger partial charge in [-0.3, -0.25) is 4.90 Å². The van der Waals surface area contributed by atoms with Crippen LogP contribution in [-0.4, -0.2) is 54.0 Å². The molecule has 0 aromatic carbocycles. The Bertz CT molecular complexity index is 264. The van der Waals surface area contributed by atoms with Gasteiger partial charge in [0, 0.05) is 25.0 Å². The summed E-state index contributed by atoms with van der Waals surface area (Å²) in [6.07, 6.45) is 3.08. The number of likely N-dealkylation sites (tertiary alicyclic amines) is 2. The predicted octanol–water partition coefficient (Wildman–Crippen LogP) is 2.20. The van der Waals surface area contributed by atoms with Crippen molar-refractivity contribution in [2.24, 2.45) is 0 Å². The minimum absolute atomic E-state index is 0.0720. The van der Waals surface area contributed by atoms with E-state index in [1.807, 2.05) is 4.90 Å². The van der Waals surface area contributed by atoms with Crippen molar-refractivity contribution in [3.8, 4) is 0 Å². The van der Waals surface area contributed by atoms with E-state index in [1.54, 1.807) is 0 Å². The molecule has 2 rings (SSSR count). The molecule has 1 unspecified atom stereocenters. The van der Waals surface area contributed by atoms with E-state index in [1.165, 1.54) is 0 Å². The Kier molecular flexibility index (Phi) is 2.99. The number of nitrogens with zero attached hydrogens (tertiary/aromatic N) is 2. The molecule has 2 heterocycles. The smallest absolute Gasteiger partial charge is 0.257 e. The zero-order chi connectivity index (χ0) is 12.0. The topological polar surface area (TPSA) is 6.48 Å². The minimum atomic E-state index is -2.56. The van der Waals surface area contributed by atoms with Crippen LogP contribution in [0.15, 0.2) is 0 Å². The quantitative estimate of drug-likeness (QED) is 0.720. The summed E-state index contributed by atoms with van der Waals surface area (Å²) in [4.78, 5) is 4.39. The molecule has 2 aliphatic heterocycles. The van der Waals surface area contributed by atoms with Crippen molar-refractivity contribution in [2.75, 3.05) is 26.7 Å². The lowest BCUT2D eigenvalue weighted by Crippen LogP contribution is -2.61. The fraction of sp³-hybridized carbons (Fsp3) is 1.00. The molecule has 0 amide bonds. The highest BCUT2D eigenvalue weighted by Gasteiger charge is 2.44. The second-order valence-corrected chi connectivity index (χ2v) is 5.86. The normalized spacial score (nSPS) is 37.7.